The molecule has 1 N–H and O–H groups in total. The minimum absolute atomic E-state index is 0. The molecule has 0 aliphatic carbocycles. The molecule has 134 valence electrons. The third kappa shape index (κ3) is 4.25. The van der Waals surface area contributed by atoms with E-state index in [-0.39, 0.29) is 28.6 Å². The molecule has 0 atom stereocenters. The maximum absolute atomic E-state index is 12.3. The lowest BCUT2D eigenvalue weighted by molar-refractivity contribution is -0.274. The molecule has 0 saturated carbocycles. The van der Waals surface area contributed by atoms with Crippen LogP contribution in [0.15, 0.2) is 42.5 Å². The fraction of sp³-hybridized carbons (Fsp3) is 0.235. The Morgan fingerprint density at radius 3 is 2.56 bits per heavy atom. The molecule has 4 nitrogen and oxygen atoms in total. The Morgan fingerprint density at radius 1 is 1.16 bits per heavy atom. The SMILES string of the molecule is Br.COc1ccccc1CN1Cc2cc(OC(F)(F)F)ccc2C1=N. The van der Waals surface area contributed by atoms with E-state index in [0.717, 1.165) is 5.56 Å². The Bertz CT molecular complexity index is 781. The molecule has 1 heterocycles. The van der Waals surface area contributed by atoms with E-state index >= 15 is 0 Å². The molecule has 0 saturated heterocycles. The molecule has 0 spiro atoms. The van der Waals surface area contributed by atoms with Crippen LogP contribution in [-0.2, 0) is 13.1 Å². The topological polar surface area (TPSA) is 45.6 Å². The van der Waals surface area contributed by atoms with Gasteiger partial charge < -0.3 is 14.4 Å². The minimum atomic E-state index is -4.72. The first kappa shape index (κ1) is 19.1. The number of hydrogen-bond acceptors (Lipinski definition) is 3. The van der Waals surface area contributed by atoms with Gasteiger partial charge in [-0.05, 0) is 29.8 Å². The van der Waals surface area contributed by atoms with Gasteiger partial charge in [0.1, 0.15) is 17.3 Å². The lowest BCUT2D eigenvalue weighted by Gasteiger charge is -2.19. The van der Waals surface area contributed by atoms with Crippen molar-refractivity contribution in [2.75, 3.05) is 7.11 Å². The summed E-state index contributed by atoms with van der Waals surface area (Å²) in [7, 11) is 1.57. The summed E-state index contributed by atoms with van der Waals surface area (Å²) >= 11 is 0. The quantitative estimate of drug-likeness (QED) is 0.797. The second-order valence-corrected chi connectivity index (χ2v) is 5.38. The first-order valence-electron chi connectivity index (χ1n) is 7.22. The third-order valence-corrected chi connectivity index (χ3v) is 3.80. The van der Waals surface area contributed by atoms with E-state index in [9.17, 15) is 13.2 Å². The van der Waals surface area contributed by atoms with E-state index in [4.69, 9.17) is 10.1 Å². The van der Waals surface area contributed by atoms with Crippen LogP contribution in [0.5, 0.6) is 11.5 Å². The number of nitrogens with zero attached hydrogens (tertiary/aromatic N) is 1. The predicted molar refractivity (Wildman–Crippen MR) is 92.5 cm³/mol. The number of amidine groups is 1. The molecular formula is C17H16BrF3N2O2. The molecule has 1 aliphatic rings. The van der Waals surface area contributed by atoms with Crippen LogP contribution in [0, 0.1) is 5.41 Å². The summed E-state index contributed by atoms with van der Waals surface area (Å²) in [5, 5.41) is 8.24. The number of benzene rings is 2. The highest BCUT2D eigenvalue weighted by Gasteiger charge is 2.32. The van der Waals surface area contributed by atoms with Gasteiger partial charge in [-0.25, -0.2) is 0 Å². The van der Waals surface area contributed by atoms with Gasteiger partial charge in [0.2, 0.25) is 0 Å². The fourth-order valence-corrected chi connectivity index (χ4v) is 2.76. The van der Waals surface area contributed by atoms with Crippen molar-refractivity contribution >= 4 is 22.8 Å². The zero-order valence-electron chi connectivity index (χ0n) is 13.3. The van der Waals surface area contributed by atoms with Gasteiger partial charge in [-0.1, -0.05) is 18.2 Å². The molecule has 0 radical (unpaired) electrons. The monoisotopic (exact) mass is 416 g/mol. The van der Waals surface area contributed by atoms with Gasteiger partial charge in [-0.15, -0.1) is 30.2 Å². The first-order valence-corrected chi connectivity index (χ1v) is 7.22. The number of methoxy groups -OCH3 is 1. The number of hydrogen-bond donors (Lipinski definition) is 1. The molecule has 0 aromatic heterocycles. The zero-order valence-corrected chi connectivity index (χ0v) is 15.0. The average molecular weight is 417 g/mol. The van der Waals surface area contributed by atoms with Gasteiger partial charge >= 0.3 is 6.36 Å². The molecule has 2 aromatic carbocycles. The van der Waals surface area contributed by atoms with Crippen molar-refractivity contribution in [2.45, 2.75) is 19.5 Å². The van der Waals surface area contributed by atoms with Crippen LogP contribution in [0.25, 0.3) is 0 Å². The normalized spacial score (nSPS) is 13.3. The van der Waals surface area contributed by atoms with Gasteiger partial charge in [-0.2, -0.15) is 0 Å². The summed E-state index contributed by atoms with van der Waals surface area (Å²) in [5.41, 5.74) is 2.15. The van der Waals surface area contributed by atoms with Gasteiger partial charge in [0, 0.05) is 24.2 Å². The van der Waals surface area contributed by atoms with Crippen molar-refractivity contribution in [1.82, 2.24) is 4.90 Å². The van der Waals surface area contributed by atoms with Crippen molar-refractivity contribution in [3.63, 3.8) is 0 Å². The molecule has 3 rings (SSSR count). The van der Waals surface area contributed by atoms with E-state index < -0.39 is 6.36 Å². The Hall–Kier alpha value is -2.22. The standard InChI is InChI=1S/C17H15F3N2O2.BrH/c1-23-15-5-3-2-4-11(15)9-22-10-12-8-13(24-17(18,19)20)6-7-14(12)16(22)21;/h2-8,21H,9-10H2,1H3;1H. The lowest BCUT2D eigenvalue weighted by atomic mass is 10.1. The molecule has 8 heteroatoms. The van der Waals surface area contributed by atoms with E-state index in [0.29, 0.717) is 30.0 Å². The second-order valence-electron chi connectivity index (χ2n) is 5.38. The van der Waals surface area contributed by atoms with E-state index in [1.807, 2.05) is 24.3 Å². The molecule has 2 aromatic rings. The van der Waals surface area contributed by atoms with Crippen molar-refractivity contribution in [3.8, 4) is 11.5 Å². The smallest absolute Gasteiger partial charge is 0.496 e. The zero-order chi connectivity index (χ0) is 17.3. The summed E-state index contributed by atoms with van der Waals surface area (Å²) in [6.45, 7) is 0.786. The molecule has 25 heavy (non-hydrogen) atoms. The number of fused-ring (bicyclic) bond motifs is 1. The number of alkyl halides is 3. The highest BCUT2D eigenvalue weighted by molar-refractivity contribution is 8.93. The Labute approximate surface area is 153 Å². The maximum atomic E-state index is 12.3. The van der Waals surface area contributed by atoms with E-state index in [2.05, 4.69) is 4.74 Å². The lowest BCUT2D eigenvalue weighted by Crippen LogP contribution is -2.23. The Morgan fingerprint density at radius 2 is 1.88 bits per heavy atom. The number of nitrogens with one attached hydrogen (secondary N) is 1. The summed E-state index contributed by atoms with van der Waals surface area (Å²) in [6, 6.07) is 11.5. The Kier molecular flexibility index (Phi) is 5.62. The van der Waals surface area contributed by atoms with E-state index in [1.165, 1.54) is 18.2 Å². The summed E-state index contributed by atoms with van der Waals surface area (Å²) < 4.78 is 46.2. The van der Waals surface area contributed by atoms with Gasteiger partial charge in [-0.3, -0.25) is 5.41 Å². The molecule has 0 amide bonds. The maximum Gasteiger partial charge on any atom is 0.573 e. The van der Waals surface area contributed by atoms with E-state index in [1.54, 1.807) is 12.0 Å². The van der Waals surface area contributed by atoms with Crippen LogP contribution in [0.4, 0.5) is 13.2 Å². The van der Waals surface area contributed by atoms with Crippen molar-refractivity contribution < 1.29 is 22.6 Å². The number of rotatable bonds is 4. The van der Waals surface area contributed by atoms with Crippen LogP contribution < -0.4 is 9.47 Å². The van der Waals surface area contributed by atoms with Gasteiger partial charge in [0.05, 0.1) is 7.11 Å². The van der Waals surface area contributed by atoms with Crippen molar-refractivity contribution in [3.05, 3.63) is 59.2 Å². The van der Waals surface area contributed by atoms with Gasteiger partial charge in [0.15, 0.2) is 0 Å². The highest BCUT2D eigenvalue weighted by Crippen LogP contribution is 2.31. The molecule has 1 aliphatic heterocycles. The largest absolute Gasteiger partial charge is 0.573 e. The summed E-state index contributed by atoms with van der Waals surface area (Å²) in [4.78, 5) is 1.78. The molecular weight excluding hydrogens is 401 g/mol. The van der Waals surface area contributed by atoms with Crippen molar-refractivity contribution in [2.24, 2.45) is 0 Å². The summed E-state index contributed by atoms with van der Waals surface area (Å²) in [5.74, 6) is 0.713. The number of para-hydroxylation sites is 1. The second kappa shape index (κ2) is 7.35. The van der Waals surface area contributed by atoms with Crippen molar-refractivity contribution in [1.29, 1.82) is 5.41 Å². The number of ether oxygens (including phenoxy) is 2. The molecule has 0 unspecified atom stereocenters. The fourth-order valence-electron chi connectivity index (χ4n) is 2.76. The molecule has 0 fully saturated rings. The first-order chi connectivity index (χ1) is 11.4. The Balaban J connectivity index is 0.00000225. The molecule has 0 bridgehead atoms. The van der Waals surface area contributed by atoms with Crippen LogP contribution in [-0.4, -0.2) is 24.2 Å². The average Bonchev–Trinajstić information content (AvgIpc) is 2.82. The van der Waals surface area contributed by atoms with Crippen LogP contribution >= 0.6 is 17.0 Å². The van der Waals surface area contributed by atoms with Crippen LogP contribution in [0.1, 0.15) is 16.7 Å². The third-order valence-electron chi connectivity index (χ3n) is 3.80. The minimum Gasteiger partial charge on any atom is -0.496 e. The van der Waals surface area contributed by atoms with Crippen LogP contribution in [0.2, 0.25) is 0 Å². The number of halogens is 4. The predicted octanol–water partition coefficient (Wildman–Crippen LogP) is 4.51. The highest BCUT2D eigenvalue weighted by atomic mass is 79.9. The summed E-state index contributed by atoms with van der Waals surface area (Å²) in [6.07, 6.45) is -4.72. The van der Waals surface area contributed by atoms with Gasteiger partial charge in [0.25, 0.3) is 0 Å². The van der Waals surface area contributed by atoms with Crippen LogP contribution in [0.3, 0.4) is 0 Å².